The summed E-state index contributed by atoms with van der Waals surface area (Å²) in [6.45, 7) is 5.53. The van der Waals surface area contributed by atoms with Crippen LogP contribution >= 0.6 is 0 Å². The number of fused-ring (bicyclic) bond motifs is 1. The Kier molecular flexibility index (Phi) is 3.56. The normalized spacial score (nSPS) is 16.1. The first-order valence-corrected chi connectivity index (χ1v) is 7.16. The van der Waals surface area contributed by atoms with E-state index in [-0.39, 0.29) is 0 Å². The highest BCUT2D eigenvalue weighted by molar-refractivity contribution is 6.11. The topological polar surface area (TPSA) is 54.6 Å². The van der Waals surface area contributed by atoms with Gasteiger partial charge in [-0.15, -0.1) is 0 Å². The lowest BCUT2D eigenvalue weighted by atomic mass is 10.1. The van der Waals surface area contributed by atoms with Gasteiger partial charge in [-0.1, -0.05) is 30.3 Å². The Morgan fingerprint density at radius 3 is 2.71 bits per heavy atom. The second-order valence-corrected chi connectivity index (χ2v) is 4.95. The van der Waals surface area contributed by atoms with Crippen LogP contribution in [0.15, 0.2) is 40.3 Å². The molecule has 1 N–H and O–H groups in total. The first-order chi connectivity index (χ1) is 10.2. The fourth-order valence-electron chi connectivity index (χ4n) is 2.58. The predicted molar refractivity (Wildman–Crippen MR) is 85.7 cm³/mol. The van der Waals surface area contributed by atoms with Gasteiger partial charge in [-0.3, -0.25) is 9.67 Å². The van der Waals surface area contributed by atoms with Gasteiger partial charge in [0.25, 0.3) is 0 Å². The maximum Gasteiger partial charge on any atom is 0.149 e. The number of hydrogen-bond donors (Lipinski definition) is 1. The van der Waals surface area contributed by atoms with E-state index in [2.05, 4.69) is 34.5 Å². The van der Waals surface area contributed by atoms with Crippen molar-refractivity contribution in [1.82, 2.24) is 15.1 Å². The van der Waals surface area contributed by atoms with Crippen molar-refractivity contribution in [3.63, 3.8) is 0 Å². The Bertz CT molecular complexity index is 710. The van der Waals surface area contributed by atoms with Gasteiger partial charge in [0, 0.05) is 13.6 Å². The molecule has 3 rings (SSSR count). The summed E-state index contributed by atoms with van der Waals surface area (Å²) < 4.78 is 1.96. The molecule has 0 saturated heterocycles. The molecule has 2 heterocycles. The van der Waals surface area contributed by atoms with Crippen LogP contribution < -0.4 is 5.32 Å². The lowest BCUT2D eigenvalue weighted by Crippen LogP contribution is -2.30. The number of aliphatic imine (C=N–C) groups is 2. The summed E-state index contributed by atoms with van der Waals surface area (Å²) in [5.74, 6) is 0.849. The van der Waals surface area contributed by atoms with Crippen LogP contribution in [0.5, 0.6) is 0 Å². The quantitative estimate of drug-likeness (QED) is 0.918. The molecule has 0 aliphatic carbocycles. The fraction of sp³-hybridized carbons (Fsp3) is 0.312. The van der Waals surface area contributed by atoms with Gasteiger partial charge in [0.2, 0.25) is 0 Å². The highest BCUT2D eigenvalue weighted by Gasteiger charge is 2.23. The van der Waals surface area contributed by atoms with Crippen molar-refractivity contribution in [2.45, 2.75) is 20.4 Å². The van der Waals surface area contributed by atoms with E-state index in [4.69, 9.17) is 4.99 Å². The van der Waals surface area contributed by atoms with E-state index in [0.29, 0.717) is 6.54 Å². The molecule has 0 saturated carbocycles. The number of nitrogens with one attached hydrogen (secondary N) is 1. The summed E-state index contributed by atoms with van der Waals surface area (Å²) in [5.41, 5.74) is 4.96. The van der Waals surface area contributed by atoms with Crippen LogP contribution in [-0.4, -0.2) is 34.9 Å². The van der Waals surface area contributed by atoms with Crippen LogP contribution in [0.25, 0.3) is 0 Å². The van der Waals surface area contributed by atoms with E-state index in [9.17, 15) is 0 Å². The molecule has 5 nitrogen and oxygen atoms in total. The molecule has 0 fully saturated rings. The Morgan fingerprint density at radius 1 is 1.29 bits per heavy atom. The van der Waals surface area contributed by atoms with E-state index in [1.54, 1.807) is 7.05 Å². The molecule has 108 valence electrons. The molecule has 1 aromatic carbocycles. The zero-order valence-corrected chi connectivity index (χ0v) is 12.6. The molecule has 5 heteroatoms. The third kappa shape index (κ3) is 2.35. The average molecular weight is 281 g/mol. The van der Waals surface area contributed by atoms with Crippen LogP contribution in [0.4, 0.5) is 5.69 Å². The van der Waals surface area contributed by atoms with E-state index in [1.165, 1.54) is 0 Å². The first-order valence-electron chi connectivity index (χ1n) is 7.16. The molecule has 0 unspecified atom stereocenters. The molecular weight excluding hydrogens is 262 g/mol. The Labute approximate surface area is 124 Å². The predicted octanol–water partition coefficient (Wildman–Crippen LogP) is 2.31. The van der Waals surface area contributed by atoms with E-state index in [0.717, 1.165) is 40.7 Å². The van der Waals surface area contributed by atoms with Crippen molar-refractivity contribution < 1.29 is 0 Å². The number of aryl methyl sites for hydroxylation is 2. The summed E-state index contributed by atoms with van der Waals surface area (Å²) in [6, 6.07) is 10.2. The monoisotopic (exact) mass is 281 g/mol. The van der Waals surface area contributed by atoms with Gasteiger partial charge in [-0.25, -0.2) is 4.99 Å². The van der Waals surface area contributed by atoms with Crippen molar-refractivity contribution in [3.05, 3.63) is 47.3 Å². The maximum atomic E-state index is 4.87. The van der Waals surface area contributed by atoms with Crippen molar-refractivity contribution >= 4 is 17.2 Å². The van der Waals surface area contributed by atoms with Gasteiger partial charge in [-0.2, -0.15) is 5.10 Å². The maximum absolute atomic E-state index is 4.87. The minimum Gasteiger partial charge on any atom is -0.363 e. The van der Waals surface area contributed by atoms with Crippen LogP contribution in [0.3, 0.4) is 0 Å². The van der Waals surface area contributed by atoms with Crippen molar-refractivity contribution in [1.29, 1.82) is 0 Å². The van der Waals surface area contributed by atoms with Crippen molar-refractivity contribution in [3.8, 4) is 0 Å². The van der Waals surface area contributed by atoms with Gasteiger partial charge in [0.1, 0.15) is 17.2 Å². The van der Waals surface area contributed by atoms with Gasteiger partial charge >= 0.3 is 0 Å². The Balaban J connectivity index is 2.17. The summed E-state index contributed by atoms with van der Waals surface area (Å²) in [5, 5.41) is 7.95. The average Bonchev–Trinajstić information content (AvgIpc) is 2.72. The molecule has 2 aromatic rings. The molecule has 0 atom stereocenters. The summed E-state index contributed by atoms with van der Waals surface area (Å²) in [7, 11) is 1.79. The number of nitrogens with zero attached hydrogens (tertiary/aromatic N) is 4. The molecular formula is C16H19N5. The van der Waals surface area contributed by atoms with Gasteiger partial charge in [-0.05, 0) is 19.4 Å². The molecule has 21 heavy (non-hydrogen) atoms. The fourth-order valence-corrected chi connectivity index (χ4v) is 2.58. The summed E-state index contributed by atoms with van der Waals surface area (Å²) in [4.78, 5) is 9.24. The minimum absolute atomic E-state index is 0.661. The van der Waals surface area contributed by atoms with Crippen LogP contribution in [-0.2, 0) is 6.54 Å². The van der Waals surface area contributed by atoms with Crippen LogP contribution in [0, 0.1) is 6.92 Å². The standard InChI is InChI=1S/C16H19N5/c1-4-21-15-14(11(2)20-21)19-13(10-18-16(15)17-3)12-8-6-5-7-9-12/h5-9H,4,10H2,1-3H3,(H,17,18). The van der Waals surface area contributed by atoms with Gasteiger partial charge in [0.05, 0.1) is 18.0 Å². The van der Waals surface area contributed by atoms with Crippen molar-refractivity contribution in [2.75, 3.05) is 13.6 Å². The molecule has 1 aromatic heterocycles. The van der Waals surface area contributed by atoms with E-state index >= 15 is 0 Å². The molecule has 1 aliphatic heterocycles. The number of amidine groups is 1. The smallest absolute Gasteiger partial charge is 0.149 e. The second kappa shape index (κ2) is 5.52. The third-order valence-electron chi connectivity index (χ3n) is 3.62. The zero-order chi connectivity index (χ0) is 14.8. The highest BCUT2D eigenvalue weighted by atomic mass is 15.3. The summed E-state index contributed by atoms with van der Waals surface area (Å²) >= 11 is 0. The molecule has 0 spiro atoms. The molecule has 1 aliphatic rings. The number of benzene rings is 1. The Hall–Kier alpha value is -2.43. The lowest BCUT2D eigenvalue weighted by molar-refractivity contribution is 0.646. The molecule has 0 bridgehead atoms. The number of rotatable bonds is 2. The number of aromatic nitrogens is 2. The largest absolute Gasteiger partial charge is 0.363 e. The molecule has 0 amide bonds. The Morgan fingerprint density at radius 2 is 2.05 bits per heavy atom. The minimum atomic E-state index is 0.661. The van der Waals surface area contributed by atoms with Crippen LogP contribution in [0.2, 0.25) is 0 Å². The van der Waals surface area contributed by atoms with Gasteiger partial charge in [0.15, 0.2) is 0 Å². The van der Waals surface area contributed by atoms with E-state index < -0.39 is 0 Å². The summed E-state index contributed by atoms with van der Waals surface area (Å²) in [6.07, 6.45) is 0. The SMILES string of the molecule is CCn1nc(C)c2c1C(=NC)NCC(c1ccccc1)=N2. The van der Waals surface area contributed by atoms with Crippen LogP contribution in [0.1, 0.15) is 23.9 Å². The van der Waals surface area contributed by atoms with Crippen molar-refractivity contribution in [2.24, 2.45) is 9.98 Å². The second-order valence-electron chi connectivity index (χ2n) is 4.95. The zero-order valence-electron chi connectivity index (χ0n) is 12.6. The molecule has 0 radical (unpaired) electrons. The van der Waals surface area contributed by atoms with E-state index in [1.807, 2.05) is 29.8 Å². The first kappa shape index (κ1) is 13.5. The highest BCUT2D eigenvalue weighted by Crippen LogP contribution is 2.27. The van der Waals surface area contributed by atoms with Gasteiger partial charge < -0.3 is 5.32 Å². The third-order valence-corrected chi connectivity index (χ3v) is 3.62. The number of hydrogen-bond acceptors (Lipinski definition) is 3. The lowest BCUT2D eigenvalue weighted by Gasteiger charge is -2.09.